The molecule has 4 aliphatic rings. The molecule has 0 bridgehead atoms. The van der Waals surface area contributed by atoms with Gasteiger partial charge in [0.05, 0.1) is 0 Å². The first kappa shape index (κ1) is 16.3. The number of allylic oxidation sites excluding steroid dienone is 4. The Morgan fingerprint density at radius 3 is 2.75 bits per heavy atom. The maximum atomic E-state index is 12.2. The van der Waals surface area contributed by atoms with Crippen molar-refractivity contribution >= 4 is 11.6 Å². The molecular weight excluding hydrogens is 300 g/mol. The standard InChI is InChI=1S/C21H28O3/c1-20-9-7-14(23)11-13(20)3-4-15-16-5-6-18(19(24)12-22)21(16,2)10-8-17(15)20/h3-4,11,15-18,22H,5-10,12H2,1-2H3/t15-,16-,17-,18+,20-,21+/m0/s1. The van der Waals surface area contributed by atoms with E-state index in [0.717, 1.165) is 32.1 Å². The number of carbonyl (C=O) groups excluding carboxylic acids is 2. The number of Topliss-reactive ketones (excluding diaryl/α,β-unsaturated/α-hetero) is 1. The molecule has 0 aromatic rings. The minimum Gasteiger partial charge on any atom is -0.389 e. The molecule has 4 rings (SSSR count). The van der Waals surface area contributed by atoms with Gasteiger partial charge < -0.3 is 5.11 Å². The molecule has 3 nitrogen and oxygen atoms in total. The van der Waals surface area contributed by atoms with Crippen molar-refractivity contribution < 1.29 is 14.7 Å². The van der Waals surface area contributed by atoms with Gasteiger partial charge in [-0.25, -0.2) is 0 Å². The molecule has 0 aliphatic heterocycles. The lowest BCUT2D eigenvalue weighted by atomic mass is 9.48. The maximum Gasteiger partial charge on any atom is 0.161 e. The molecule has 2 saturated carbocycles. The van der Waals surface area contributed by atoms with Gasteiger partial charge in [0.15, 0.2) is 11.6 Å². The predicted octanol–water partition coefficient (Wildman–Crippen LogP) is 3.47. The molecule has 3 heteroatoms. The third-order valence-electron chi connectivity index (χ3n) is 8.06. The molecule has 0 radical (unpaired) electrons. The Morgan fingerprint density at radius 2 is 2.00 bits per heavy atom. The predicted molar refractivity (Wildman–Crippen MR) is 92.2 cm³/mol. The normalized spacial score (nSPS) is 46.8. The summed E-state index contributed by atoms with van der Waals surface area (Å²) in [7, 11) is 0. The summed E-state index contributed by atoms with van der Waals surface area (Å²) < 4.78 is 0. The fourth-order valence-electron chi connectivity index (χ4n) is 6.64. The molecule has 1 N–H and O–H groups in total. The van der Waals surface area contributed by atoms with E-state index in [2.05, 4.69) is 26.0 Å². The monoisotopic (exact) mass is 328 g/mol. The number of fused-ring (bicyclic) bond motifs is 5. The fourth-order valence-corrected chi connectivity index (χ4v) is 6.64. The number of rotatable bonds is 2. The first-order chi connectivity index (χ1) is 11.4. The number of ketones is 2. The molecule has 130 valence electrons. The maximum absolute atomic E-state index is 12.2. The lowest BCUT2D eigenvalue weighted by Gasteiger charge is -2.55. The Kier molecular flexibility index (Phi) is 3.65. The van der Waals surface area contributed by atoms with E-state index in [4.69, 9.17) is 0 Å². The van der Waals surface area contributed by atoms with Crippen LogP contribution in [-0.4, -0.2) is 23.3 Å². The van der Waals surface area contributed by atoms with Crippen LogP contribution in [0.4, 0.5) is 0 Å². The summed E-state index contributed by atoms with van der Waals surface area (Å²) in [5.74, 6) is 1.95. The molecule has 0 spiro atoms. The van der Waals surface area contributed by atoms with Crippen molar-refractivity contribution in [1.82, 2.24) is 0 Å². The second kappa shape index (κ2) is 5.39. The highest BCUT2D eigenvalue weighted by Crippen LogP contribution is 2.65. The van der Waals surface area contributed by atoms with Gasteiger partial charge in [-0.2, -0.15) is 0 Å². The molecule has 24 heavy (non-hydrogen) atoms. The molecule has 6 atom stereocenters. The summed E-state index contributed by atoms with van der Waals surface area (Å²) in [6, 6.07) is 0. The molecule has 0 unspecified atom stereocenters. The SMILES string of the molecule is C[C@@]12CC[C@H]3[C@@H](C=CC4=CC(=O)CC[C@@]43C)[C@@H]1CC[C@@H]2C(=O)CO. The van der Waals surface area contributed by atoms with Gasteiger partial charge in [0.2, 0.25) is 0 Å². The van der Waals surface area contributed by atoms with E-state index in [1.54, 1.807) is 0 Å². The highest BCUT2D eigenvalue weighted by Gasteiger charge is 2.59. The van der Waals surface area contributed by atoms with Gasteiger partial charge >= 0.3 is 0 Å². The van der Waals surface area contributed by atoms with Crippen molar-refractivity contribution in [2.75, 3.05) is 6.61 Å². The van der Waals surface area contributed by atoms with Gasteiger partial charge in [0.1, 0.15) is 6.61 Å². The number of hydrogen-bond donors (Lipinski definition) is 1. The van der Waals surface area contributed by atoms with Crippen LogP contribution in [-0.2, 0) is 9.59 Å². The largest absolute Gasteiger partial charge is 0.389 e. The smallest absolute Gasteiger partial charge is 0.161 e. The number of carbonyl (C=O) groups is 2. The van der Waals surface area contributed by atoms with Crippen LogP contribution < -0.4 is 0 Å². The number of aliphatic hydroxyl groups is 1. The summed E-state index contributed by atoms with van der Waals surface area (Å²) in [6.45, 7) is 4.31. The third-order valence-corrected chi connectivity index (χ3v) is 8.06. The van der Waals surface area contributed by atoms with Gasteiger partial charge in [-0.1, -0.05) is 26.0 Å². The minimum atomic E-state index is -0.316. The van der Waals surface area contributed by atoms with E-state index in [0.29, 0.717) is 24.2 Å². The third kappa shape index (κ3) is 2.06. The van der Waals surface area contributed by atoms with Crippen LogP contribution in [0.1, 0.15) is 52.4 Å². The lowest BCUT2D eigenvalue weighted by molar-refractivity contribution is -0.131. The number of hydrogen-bond acceptors (Lipinski definition) is 3. The molecule has 0 aromatic heterocycles. The van der Waals surface area contributed by atoms with Gasteiger partial charge in [-0.15, -0.1) is 0 Å². The van der Waals surface area contributed by atoms with Crippen LogP contribution in [0, 0.1) is 34.5 Å². The highest BCUT2D eigenvalue weighted by atomic mass is 16.3. The summed E-state index contributed by atoms with van der Waals surface area (Å²) in [4.78, 5) is 24.1. The number of aliphatic hydroxyl groups excluding tert-OH is 1. The van der Waals surface area contributed by atoms with Crippen molar-refractivity contribution in [1.29, 1.82) is 0 Å². The van der Waals surface area contributed by atoms with Crippen LogP contribution in [0.15, 0.2) is 23.8 Å². The van der Waals surface area contributed by atoms with Gasteiger partial charge in [-0.3, -0.25) is 9.59 Å². The minimum absolute atomic E-state index is 0.0273. The Hall–Kier alpha value is -1.22. The van der Waals surface area contributed by atoms with Crippen molar-refractivity contribution in [3.8, 4) is 0 Å². The fraction of sp³-hybridized carbons (Fsp3) is 0.714. The van der Waals surface area contributed by atoms with Crippen LogP contribution in [0.25, 0.3) is 0 Å². The molecule has 2 fully saturated rings. The molecule has 0 aromatic carbocycles. The van der Waals surface area contributed by atoms with Crippen molar-refractivity contribution in [3.05, 3.63) is 23.8 Å². The van der Waals surface area contributed by atoms with E-state index >= 15 is 0 Å². The molecule has 0 saturated heterocycles. The summed E-state index contributed by atoms with van der Waals surface area (Å²) in [5.41, 5.74) is 1.38. The summed E-state index contributed by atoms with van der Waals surface area (Å²) in [6.07, 6.45) is 12.3. The van der Waals surface area contributed by atoms with Crippen molar-refractivity contribution in [2.45, 2.75) is 52.4 Å². The van der Waals surface area contributed by atoms with E-state index in [1.807, 2.05) is 6.08 Å². The Labute approximate surface area is 144 Å². The van der Waals surface area contributed by atoms with Crippen molar-refractivity contribution in [2.24, 2.45) is 34.5 Å². The zero-order valence-corrected chi connectivity index (χ0v) is 14.8. The van der Waals surface area contributed by atoms with E-state index < -0.39 is 0 Å². The topological polar surface area (TPSA) is 54.4 Å². The summed E-state index contributed by atoms with van der Waals surface area (Å²) >= 11 is 0. The van der Waals surface area contributed by atoms with E-state index in [-0.39, 0.29) is 34.9 Å². The van der Waals surface area contributed by atoms with Gasteiger partial charge in [-0.05, 0) is 72.3 Å². The van der Waals surface area contributed by atoms with Gasteiger partial charge in [0.25, 0.3) is 0 Å². The zero-order chi connectivity index (χ0) is 17.1. The Morgan fingerprint density at radius 1 is 1.21 bits per heavy atom. The average molecular weight is 328 g/mol. The van der Waals surface area contributed by atoms with Gasteiger partial charge in [0, 0.05) is 12.3 Å². The second-order valence-electron chi connectivity index (χ2n) is 8.93. The quantitative estimate of drug-likeness (QED) is 0.844. The van der Waals surface area contributed by atoms with Crippen LogP contribution >= 0.6 is 0 Å². The first-order valence-corrected chi connectivity index (χ1v) is 9.47. The van der Waals surface area contributed by atoms with Crippen LogP contribution in [0.5, 0.6) is 0 Å². The van der Waals surface area contributed by atoms with Crippen LogP contribution in [0.2, 0.25) is 0 Å². The molecule has 0 heterocycles. The average Bonchev–Trinajstić information content (AvgIpc) is 2.92. The second-order valence-corrected chi connectivity index (χ2v) is 8.93. The van der Waals surface area contributed by atoms with Crippen LogP contribution in [0.3, 0.4) is 0 Å². The van der Waals surface area contributed by atoms with Crippen molar-refractivity contribution in [3.63, 3.8) is 0 Å². The highest BCUT2D eigenvalue weighted by molar-refractivity contribution is 5.92. The Bertz CT molecular complexity index is 645. The molecule has 4 aliphatic carbocycles. The summed E-state index contributed by atoms with van der Waals surface area (Å²) in [5, 5.41) is 9.35. The Balaban J connectivity index is 1.70. The molecule has 0 amide bonds. The lowest BCUT2D eigenvalue weighted by Crippen LogP contribution is -2.49. The van der Waals surface area contributed by atoms with E-state index in [1.165, 1.54) is 5.57 Å². The zero-order valence-electron chi connectivity index (χ0n) is 14.8. The van der Waals surface area contributed by atoms with E-state index in [9.17, 15) is 14.7 Å². The molecular formula is C21H28O3. The first-order valence-electron chi connectivity index (χ1n) is 9.47.